The number of ether oxygens (including phenoxy) is 1. The highest BCUT2D eigenvalue weighted by Crippen LogP contribution is 2.22. The molecule has 2 amide bonds. The van der Waals surface area contributed by atoms with E-state index in [1.54, 1.807) is 30.1 Å². The second-order valence-corrected chi connectivity index (χ2v) is 7.68. The molecule has 28 heavy (non-hydrogen) atoms. The minimum absolute atomic E-state index is 0.151. The molecular formula is C21H24BrClN2O3. The molecule has 0 aliphatic heterocycles. The molecule has 0 fully saturated rings. The summed E-state index contributed by atoms with van der Waals surface area (Å²) in [6, 6.07) is 12.2. The lowest BCUT2D eigenvalue weighted by atomic mass is 10.1. The molecule has 2 rings (SSSR count). The number of nitrogens with zero attached hydrogens (tertiary/aromatic N) is 1. The largest absolute Gasteiger partial charge is 0.484 e. The predicted molar refractivity (Wildman–Crippen MR) is 115 cm³/mol. The zero-order valence-corrected chi connectivity index (χ0v) is 18.5. The standard InChI is InChI=1S/C21H24BrClN2O3/c1-4-19(21(27)24-3)25(12-15-5-7-16(23)8-6-15)20(26)13-28-17-9-10-18(22)14(2)11-17/h5-11,19H,4,12-13H2,1-3H3,(H,24,27)/t19-/m1/s1. The molecule has 0 saturated heterocycles. The van der Waals surface area contributed by atoms with Crippen LogP contribution in [0.3, 0.4) is 0 Å². The average Bonchev–Trinajstić information content (AvgIpc) is 2.69. The number of halogens is 2. The number of carbonyl (C=O) groups excluding carboxylic acids is 2. The molecule has 0 aliphatic carbocycles. The lowest BCUT2D eigenvalue weighted by Gasteiger charge is -2.30. The summed E-state index contributed by atoms with van der Waals surface area (Å²) in [6.45, 7) is 3.97. The third kappa shape index (κ3) is 5.97. The van der Waals surface area contributed by atoms with Crippen LogP contribution in [0.1, 0.15) is 24.5 Å². The Morgan fingerprint density at radius 1 is 1.21 bits per heavy atom. The number of nitrogens with one attached hydrogen (secondary N) is 1. The SMILES string of the molecule is CC[C@H](C(=O)NC)N(Cc1ccc(Cl)cc1)C(=O)COc1ccc(Br)c(C)c1. The van der Waals surface area contributed by atoms with Crippen molar-refractivity contribution in [1.82, 2.24) is 10.2 Å². The van der Waals surface area contributed by atoms with Crippen molar-refractivity contribution in [3.8, 4) is 5.75 Å². The van der Waals surface area contributed by atoms with Crippen LogP contribution in [-0.2, 0) is 16.1 Å². The molecule has 150 valence electrons. The lowest BCUT2D eigenvalue weighted by molar-refractivity contribution is -0.142. The molecule has 0 bridgehead atoms. The van der Waals surface area contributed by atoms with E-state index in [9.17, 15) is 9.59 Å². The molecule has 2 aromatic rings. The number of benzene rings is 2. The molecular weight excluding hydrogens is 444 g/mol. The molecule has 0 unspecified atom stereocenters. The molecule has 0 spiro atoms. The number of aryl methyl sites for hydroxylation is 1. The van der Waals surface area contributed by atoms with E-state index in [4.69, 9.17) is 16.3 Å². The summed E-state index contributed by atoms with van der Waals surface area (Å²) in [7, 11) is 1.57. The van der Waals surface area contributed by atoms with E-state index in [1.165, 1.54) is 0 Å². The highest BCUT2D eigenvalue weighted by atomic mass is 79.9. The molecule has 0 radical (unpaired) electrons. The monoisotopic (exact) mass is 466 g/mol. The number of hydrogen-bond acceptors (Lipinski definition) is 3. The van der Waals surface area contributed by atoms with Crippen molar-refractivity contribution in [2.45, 2.75) is 32.9 Å². The zero-order valence-electron chi connectivity index (χ0n) is 16.2. The normalized spacial score (nSPS) is 11.6. The van der Waals surface area contributed by atoms with Gasteiger partial charge in [-0.3, -0.25) is 9.59 Å². The smallest absolute Gasteiger partial charge is 0.261 e. The third-order valence-corrected chi connectivity index (χ3v) is 5.53. The Morgan fingerprint density at radius 3 is 2.46 bits per heavy atom. The second-order valence-electron chi connectivity index (χ2n) is 6.39. The van der Waals surface area contributed by atoms with Gasteiger partial charge in [-0.15, -0.1) is 0 Å². The van der Waals surface area contributed by atoms with Crippen LogP contribution in [0.15, 0.2) is 46.9 Å². The van der Waals surface area contributed by atoms with Crippen molar-refractivity contribution < 1.29 is 14.3 Å². The van der Waals surface area contributed by atoms with Gasteiger partial charge in [-0.2, -0.15) is 0 Å². The van der Waals surface area contributed by atoms with Crippen molar-refractivity contribution in [2.75, 3.05) is 13.7 Å². The van der Waals surface area contributed by atoms with Crippen LogP contribution < -0.4 is 10.1 Å². The van der Waals surface area contributed by atoms with Crippen LogP contribution in [0, 0.1) is 6.92 Å². The van der Waals surface area contributed by atoms with Gasteiger partial charge in [-0.05, 0) is 54.8 Å². The number of likely N-dealkylation sites (N-methyl/N-ethyl adjacent to an activating group) is 1. The number of amides is 2. The van der Waals surface area contributed by atoms with Crippen LogP contribution in [0.4, 0.5) is 0 Å². The second kappa shape index (κ2) is 10.5. The summed E-state index contributed by atoms with van der Waals surface area (Å²) in [5.74, 6) is 0.142. The third-order valence-electron chi connectivity index (χ3n) is 4.39. The van der Waals surface area contributed by atoms with Gasteiger partial charge in [0.25, 0.3) is 5.91 Å². The fourth-order valence-electron chi connectivity index (χ4n) is 2.81. The summed E-state index contributed by atoms with van der Waals surface area (Å²) < 4.78 is 6.66. The van der Waals surface area contributed by atoms with Gasteiger partial charge in [0.05, 0.1) is 0 Å². The van der Waals surface area contributed by atoms with Gasteiger partial charge in [0.2, 0.25) is 5.91 Å². The first-order valence-electron chi connectivity index (χ1n) is 9.00. The first-order valence-corrected chi connectivity index (χ1v) is 10.2. The van der Waals surface area contributed by atoms with Crippen LogP contribution in [0.5, 0.6) is 5.75 Å². The summed E-state index contributed by atoms with van der Waals surface area (Å²) in [5, 5.41) is 3.25. The first kappa shape index (κ1) is 22.2. The molecule has 0 aromatic heterocycles. The van der Waals surface area contributed by atoms with Gasteiger partial charge >= 0.3 is 0 Å². The Morgan fingerprint density at radius 2 is 1.89 bits per heavy atom. The van der Waals surface area contributed by atoms with Crippen LogP contribution in [0.25, 0.3) is 0 Å². The van der Waals surface area contributed by atoms with Crippen molar-refractivity contribution >= 4 is 39.3 Å². The topological polar surface area (TPSA) is 58.6 Å². The van der Waals surface area contributed by atoms with Crippen molar-refractivity contribution in [3.63, 3.8) is 0 Å². The van der Waals surface area contributed by atoms with E-state index in [0.717, 1.165) is 15.6 Å². The minimum atomic E-state index is -0.580. The molecule has 2 aromatic carbocycles. The molecule has 5 nitrogen and oxygen atoms in total. The van der Waals surface area contributed by atoms with Crippen molar-refractivity contribution in [3.05, 3.63) is 63.1 Å². The highest BCUT2D eigenvalue weighted by Gasteiger charge is 2.28. The van der Waals surface area contributed by atoms with E-state index < -0.39 is 6.04 Å². The maximum absolute atomic E-state index is 12.9. The molecule has 1 atom stereocenters. The predicted octanol–water partition coefficient (Wildman–Crippen LogP) is 4.34. The van der Waals surface area contributed by atoms with Gasteiger partial charge in [0, 0.05) is 23.1 Å². The van der Waals surface area contributed by atoms with Crippen molar-refractivity contribution in [2.24, 2.45) is 0 Å². The quantitative estimate of drug-likeness (QED) is 0.628. The van der Waals surface area contributed by atoms with E-state index in [0.29, 0.717) is 23.7 Å². The Labute approximate surface area is 179 Å². The van der Waals surface area contributed by atoms with Crippen molar-refractivity contribution in [1.29, 1.82) is 0 Å². The Kier molecular flexibility index (Phi) is 8.33. The van der Waals surface area contributed by atoms with Crippen LogP contribution >= 0.6 is 27.5 Å². The van der Waals surface area contributed by atoms with E-state index in [-0.39, 0.29) is 18.4 Å². The Hall–Kier alpha value is -2.05. The Bertz CT molecular complexity index is 827. The van der Waals surface area contributed by atoms with Gasteiger partial charge in [-0.1, -0.05) is 46.6 Å². The lowest BCUT2D eigenvalue weighted by Crippen LogP contribution is -2.49. The van der Waals surface area contributed by atoms with Gasteiger partial charge in [0.15, 0.2) is 6.61 Å². The van der Waals surface area contributed by atoms with Gasteiger partial charge in [0.1, 0.15) is 11.8 Å². The van der Waals surface area contributed by atoms with E-state index in [2.05, 4.69) is 21.2 Å². The van der Waals surface area contributed by atoms with E-state index >= 15 is 0 Å². The highest BCUT2D eigenvalue weighted by molar-refractivity contribution is 9.10. The zero-order chi connectivity index (χ0) is 20.7. The number of carbonyl (C=O) groups is 2. The van der Waals surface area contributed by atoms with Gasteiger partial charge < -0.3 is 15.0 Å². The molecule has 0 saturated carbocycles. The van der Waals surface area contributed by atoms with Crippen LogP contribution in [-0.4, -0.2) is 36.4 Å². The summed E-state index contributed by atoms with van der Waals surface area (Å²) in [5.41, 5.74) is 1.90. The average molecular weight is 468 g/mol. The molecule has 0 heterocycles. The van der Waals surface area contributed by atoms with E-state index in [1.807, 2.05) is 38.1 Å². The fourth-order valence-corrected chi connectivity index (χ4v) is 3.18. The van der Waals surface area contributed by atoms with Crippen LogP contribution in [0.2, 0.25) is 5.02 Å². The molecule has 7 heteroatoms. The first-order chi connectivity index (χ1) is 13.3. The Balaban J connectivity index is 2.18. The fraction of sp³-hybridized carbons (Fsp3) is 0.333. The number of hydrogen-bond donors (Lipinski definition) is 1. The summed E-state index contributed by atoms with van der Waals surface area (Å²) in [4.78, 5) is 26.8. The molecule has 1 N–H and O–H groups in total. The summed E-state index contributed by atoms with van der Waals surface area (Å²) in [6.07, 6.45) is 0.496. The summed E-state index contributed by atoms with van der Waals surface area (Å²) >= 11 is 9.39. The molecule has 0 aliphatic rings. The van der Waals surface area contributed by atoms with Gasteiger partial charge in [-0.25, -0.2) is 0 Å². The maximum Gasteiger partial charge on any atom is 0.261 e. The minimum Gasteiger partial charge on any atom is -0.484 e. The maximum atomic E-state index is 12.9. The number of rotatable bonds is 8.